The fraction of sp³-hybridized carbons (Fsp3) is 0.250. The van der Waals surface area contributed by atoms with E-state index >= 15 is 0 Å². The molecule has 0 spiro atoms. The van der Waals surface area contributed by atoms with Crippen molar-refractivity contribution in [3.8, 4) is 0 Å². The Morgan fingerprint density at radius 3 is 2.06 bits per heavy atom. The number of hydrogen-bond donors (Lipinski definition) is 1. The zero-order chi connectivity index (χ0) is 12.3. The molecule has 0 bridgehead atoms. The molecule has 2 rings (SSSR count). The summed E-state index contributed by atoms with van der Waals surface area (Å²) in [5, 5.41) is 0. The summed E-state index contributed by atoms with van der Waals surface area (Å²) >= 11 is 0. The highest BCUT2D eigenvalue weighted by Gasteiger charge is 2.11. The first kappa shape index (κ1) is 11.9. The molecule has 0 saturated carbocycles. The van der Waals surface area contributed by atoms with Crippen molar-refractivity contribution in [2.75, 3.05) is 0 Å². The van der Waals surface area contributed by atoms with Crippen LogP contribution in [-0.2, 0) is 6.42 Å². The highest BCUT2D eigenvalue weighted by Crippen LogP contribution is 2.23. The minimum absolute atomic E-state index is 0.0820. The normalized spacial score (nSPS) is 12.4. The monoisotopic (exact) mass is 225 g/mol. The van der Waals surface area contributed by atoms with E-state index in [-0.39, 0.29) is 6.04 Å². The molecular formula is C16H19N. The van der Waals surface area contributed by atoms with Gasteiger partial charge in [0.05, 0.1) is 0 Å². The molecule has 1 nitrogen and oxygen atoms in total. The molecule has 1 unspecified atom stereocenters. The number of rotatable bonds is 3. The number of aryl methyl sites for hydroxylation is 2. The van der Waals surface area contributed by atoms with Crippen LogP contribution in [0, 0.1) is 13.8 Å². The maximum atomic E-state index is 6.33. The van der Waals surface area contributed by atoms with Crippen molar-refractivity contribution < 1.29 is 0 Å². The van der Waals surface area contributed by atoms with Crippen LogP contribution >= 0.6 is 0 Å². The van der Waals surface area contributed by atoms with Crippen LogP contribution < -0.4 is 5.73 Å². The van der Waals surface area contributed by atoms with E-state index in [0.29, 0.717) is 0 Å². The Bertz CT molecular complexity index is 468. The van der Waals surface area contributed by atoms with Crippen LogP contribution in [0.3, 0.4) is 0 Å². The van der Waals surface area contributed by atoms with Crippen molar-refractivity contribution in [2.24, 2.45) is 5.73 Å². The molecule has 0 heterocycles. The third-order valence-electron chi connectivity index (χ3n) is 3.21. The van der Waals surface area contributed by atoms with E-state index in [1.165, 1.54) is 22.3 Å². The van der Waals surface area contributed by atoms with E-state index in [1.807, 2.05) is 6.07 Å². The molecule has 1 atom stereocenters. The molecule has 17 heavy (non-hydrogen) atoms. The molecule has 2 N–H and O–H groups in total. The Morgan fingerprint density at radius 1 is 0.882 bits per heavy atom. The van der Waals surface area contributed by atoms with Gasteiger partial charge in [-0.05, 0) is 42.5 Å². The van der Waals surface area contributed by atoms with Crippen LogP contribution in [0.2, 0.25) is 0 Å². The Kier molecular flexibility index (Phi) is 3.60. The molecule has 0 saturated heterocycles. The second-order valence-electron chi connectivity index (χ2n) is 4.60. The van der Waals surface area contributed by atoms with Gasteiger partial charge >= 0.3 is 0 Å². The third-order valence-corrected chi connectivity index (χ3v) is 3.21. The first-order valence-electron chi connectivity index (χ1n) is 6.04. The average Bonchev–Trinajstić information content (AvgIpc) is 2.30. The minimum atomic E-state index is 0.0820. The van der Waals surface area contributed by atoms with Crippen LogP contribution in [0.1, 0.15) is 28.3 Å². The predicted octanol–water partition coefficient (Wildman–Crippen LogP) is 3.55. The van der Waals surface area contributed by atoms with E-state index in [0.717, 1.165) is 6.42 Å². The lowest BCUT2D eigenvalue weighted by Crippen LogP contribution is -2.16. The topological polar surface area (TPSA) is 26.0 Å². The Morgan fingerprint density at radius 2 is 1.47 bits per heavy atom. The molecule has 0 aliphatic rings. The Hall–Kier alpha value is -1.60. The molecule has 0 aliphatic heterocycles. The fourth-order valence-electron chi connectivity index (χ4n) is 2.38. The highest BCUT2D eigenvalue weighted by molar-refractivity contribution is 5.37. The lowest BCUT2D eigenvalue weighted by Gasteiger charge is -2.17. The summed E-state index contributed by atoms with van der Waals surface area (Å²) in [7, 11) is 0. The number of benzene rings is 2. The van der Waals surface area contributed by atoms with Crippen LogP contribution in [0.15, 0.2) is 48.5 Å². The standard InChI is InChI=1S/C16H19N/c1-12-7-6-8-13(2)16(12)15(17)11-14-9-4-3-5-10-14/h3-10,15H,11,17H2,1-2H3. The van der Waals surface area contributed by atoms with Crippen LogP contribution in [0.5, 0.6) is 0 Å². The zero-order valence-electron chi connectivity index (χ0n) is 10.5. The van der Waals surface area contributed by atoms with Gasteiger partial charge in [0.25, 0.3) is 0 Å². The van der Waals surface area contributed by atoms with Crippen molar-refractivity contribution in [3.05, 3.63) is 70.8 Å². The second-order valence-corrected chi connectivity index (χ2v) is 4.60. The van der Waals surface area contributed by atoms with E-state index in [2.05, 4.69) is 56.3 Å². The first-order valence-corrected chi connectivity index (χ1v) is 6.04. The summed E-state index contributed by atoms with van der Waals surface area (Å²) in [6, 6.07) is 16.9. The van der Waals surface area contributed by atoms with Gasteiger partial charge in [-0.15, -0.1) is 0 Å². The van der Waals surface area contributed by atoms with Crippen molar-refractivity contribution in [3.63, 3.8) is 0 Å². The van der Waals surface area contributed by atoms with Crippen molar-refractivity contribution >= 4 is 0 Å². The van der Waals surface area contributed by atoms with Crippen LogP contribution in [-0.4, -0.2) is 0 Å². The van der Waals surface area contributed by atoms with Gasteiger partial charge < -0.3 is 5.73 Å². The predicted molar refractivity (Wildman–Crippen MR) is 73.0 cm³/mol. The molecule has 0 aromatic heterocycles. The van der Waals surface area contributed by atoms with Crippen molar-refractivity contribution in [1.29, 1.82) is 0 Å². The molecule has 2 aromatic carbocycles. The molecule has 0 fully saturated rings. The highest BCUT2D eigenvalue weighted by atomic mass is 14.6. The van der Waals surface area contributed by atoms with Gasteiger partial charge in [-0.25, -0.2) is 0 Å². The zero-order valence-corrected chi connectivity index (χ0v) is 10.5. The molecule has 88 valence electrons. The lowest BCUT2D eigenvalue weighted by atomic mass is 9.92. The molecule has 0 radical (unpaired) electrons. The molecule has 1 heteroatoms. The maximum absolute atomic E-state index is 6.33. The van der Waals surface area contributed by atoms with Gasteiger partial charge in [0.15, 0.2) is 0 Å². The summed E-state index contributed by atoms with van der Waals surface area (Å²) < 4.78 is 0. The van der Waals surface area contributed by atoms with Crippen LogP contribution in [0.25, 0.3) is 0 Å². The molecule has 0 amide bonds. The quantitative estimate of drug-likeness (QED) is 0.849. The average molecular weight is 225 g/mol. The van der Waals surface area contributed by atoms with Gasteiger partial charge in [-0.3, -0.25) is 0 Å². The second kappa shape index (κ2) is 5.15. The summed E-state index contributed by atoms with van der Waals surface area (Å²) in [6.45, 7) is 4.26. The van der Waals surface area contributed by atoms with Gasteiger partial charge in [-0.2, -0.15) is 0 Å². The van der Waals surface area contributed by atoms with Crippen molar-refractivity contribution in [1.82, 2.24) is 0 Å². The fourth-order valence-corrected chi connectivity index (χ4v) is 2.38. The number of nitrogens with two attached hydrogens (primary N) is 1. The van der Waals surface area contributed by atoms with Crippen molar-refractivity contribution in [2.45, 2.75) is 26.3 Å². The van der Waals surface area contributed by atoms with Gasteiger partial charge in [0.1, 0.15) is 0 Å². The lowest BCUT2D eigenvalue weighted by molar-refractivity contribution is 0.711. The summed E-state index contributed by atoms with van der Waals surface area (Å²) in [4.78, 5) is 0. The smallest absolute Gasteiger partial charge is 0.0341 e. The van der Waals surface area contributed by atoms with E-state index < -0.39 is 0 Å². The third kappa shape index (κ3) is 2.75. The molecule has 2 aromatic rings. The molecular weight excluding hydrogens is 206 g/mol. The van der Waals surface area contributed by atoms with Gasteiger partial charge in [-0.1, -0.05) is 48.5 Å². The van der Waals surface area contributed by atoms with Gasteiger partial charge in [0.2, 0.25) is 0 Å². The number of hydrogen-bond acceptors (Lipinski definition) is 1. The van der Waals surface area contributed by atoms with E-state index in [9.17, 15) is 0 Å². The molecule has 0 aliphatic carbocycles. The van der Waals surface area contributed by atoms with Crippen LogP contribution in [0.4, 0.5) is 0 Å². The van der Waals surface area contributed by atoms with Gasteiger partial charge in [0, 0.05) is 6.04 Å². The van der Waals surface area contributed by atoms with E-state index in [1.54, 1.807) is 0 Å². The summed E-state index contributed by atoms with van der Waals surface area (Å²) in [5.41, 5.74) is 11.5. The first-order chi connectivity index (χ1) is 8.18. The summed E-state index contributed by atoms with van der Waals surface area (Å²) in [5.74, 6) is 0. The SMILES string of the molecule is Cc1cccc(C)c1C(N)Cc1ccccc1. The largest absolute Gasteiger partial charge is 0.324 e. The van der Waals surface area contributed by atoms with E-state index in [4.69, 9.17) is 5.73 Å². The Balaban J connectivity index is 2.23. The maximum Gasteiger partial charge on any atom is 0.0341 e. The Labute approximate surface area is 103 Å². The summed E-state index contributed by atoms with van der Waals surface area (Å²) in [6.07, 6.45) is 0.895. The minimum Gasteiger partial charge on any atom is -0.324 e.